The molecule has 0 saturated carbocycles. The molecular weight excluding hydrogens is 328 g/mol. The summed E-state index contributed by atoms with van der Waals surface area (Å²) in [6, 6.07) is 0. The van der Waals surface area contributed by atoms with Crippen LogP contribution >= 0.6 is 0 Å². The zero-order valence-electron chi connectivity index (χ0n) is 16.7. The van der Waals surface area contributed by atoms with Gasteiger partial charge in [0, 0.05) is 19.8 Å². The van der Waals surface area contributed by atoms with Crippen LogP contribution in [0.25, 0.3) is 0 Å². The fourth-order valence-corrected chi connectivity index (χ4v) is 2.34. The molecule has 0 saturated heterocycles. The van der Waals surface area contributed by atoms with Crippen molar-refractivity contribution in [1.82, 2.24) is 0 Å². The minimum atomic E-state index is -3.35. The first-order chi connectivity index (χ1) is 11.3. The highest BCUT2D eigenvalue weighted by Crippen LogP contribution is 2.00. The molecule has 0 bridgehead atoms. The second-order valence-electron chi connectivity index (χ2n) is 6.23. The summed E-state index contributed by atoms with van der Waals surface area (Å²) in [5.74, 6) is 0.910. The van der Waals surface area contributed by atoms with E-state index in [0.29, 0.717) is 25.7 Å². The van der Waals surface area contributed by atoms with E-state index in [9.17, 15) is 8.42 Å². The summed E-state index contributed by atoms with van der Waals surface area (Å²) >= 11 is 0. The molecule has 0 aliphatic carbocycles. The summed E-state index contributed by atoms with van der Waals surface area (Å²) < 4.78 is 37.9. The highest BCUT2D eigenvalue weighted by atomic mass is 32.2. The number of unbranched alkanes of at least 4 members (excludes halogenated alkanes) is 1. The lowest BCUT2D eigenvalue weighted by Gasteiger charge is -2.10. The topological polar surface area (TPSA) is 61.8 Å². The van der Waals surface area contributed by atoms with E-state index in [0.717, 1.165) is 31.8 Å². The highest BCUT2D eigenvalue weighted by molar-refractivity contribution is 7.86. The first-order valence-corrected chi connectivity index (χ1v) is 10.9. The molecule has 148 valence electrons. The van der Waals surface area contributed by atoms with Gasteiger partial charge in [-0.15, -0.1) is 0 Å². The fourth-order valence-electron chi connectivity index (χ4n) is 1.39. The lowest BCUT2D eigenvalue weighted by molar-refractivity contribution is 0.0540. The number of ether oxygens (including phenoxy) is 2. The molecule has 0 fully saturated rings. The van der Waals surface area contributed by atoms with Gasteiger partial charge in [0.2, 0.25) is 0 Å². The summed E-state index contributed by atoms with van der Waals surface area (Å²) in [5, 5.41) is 0. The van der Waals surface area contributed by atoms with Crippen LogP contribution in [0.15, 0.2) is 0 Å². The van der Waals surface area contributed by atoms with E-state index in [1.165, 1.54) is 6.42 Å². The van der Waals surface area contributed by atoms with E-state index in [2.05, 4.69) is 38.8 Å². The molecule has 0 radical (unpaired) electrons. The fraction of sp³-hybridized carbons (Fsp3) is 1.00. The molecule has 0 aromatic rings. The van der Waals surface area contributed by atoms with Crippen molar-refractivity contribution in [2.24, 2.45) is 5.92 Å². The Balaban J connectivity index is 0. The van der Waals surface area contributed by atoms with Gasteiger partial charge in [-0.3, -0.25) is 4.18 Å². The maximum Gasteiger partial charge on any atom is 0.267 e. The quantitative estimate of drug-likeness (QED) is 0.336. The molecule has 6 heteroatoms. The van der Waals surface area contributed by atoms with Crippen molar-refractivity contribution in [1.29, 1.82) is 0 Å². The Hall–Kier alpha value is -0.170. The number of rotatable bonds is 14. The van der Waals surface area contributed by atoms with Crippen molar-refractivity contribution >= 4 is 10.1 Å². The standard InChI is InChI=1S/C13H28O5S.C5H12/c1-4-13(3)17-11-7-6-9-16-10-8-12-19(14,15)18-5-2;1-4-5(2)3/h13H,4-12H2,1-3H3;5H,4H2,1-3H3. The summed E-state index contributed by atoms with van der Waals surface area (Å²) in [7, 11) is -3.35. The molecule has 0 aliphatic rings. The zero-order chi connectivity index (χ0) is 18.8. The van der Waals surface area contributed by atoms with Gasteiger partial charge in [0.15, 0.2) is 0 Å². The van der Waals surface area contributed by atoms with E-state index in [1.807, 2.05) is 0 Å². The Bertz CT molecular complexity index is 341. The summed E-state index contributed by atoms with van der Waals surface area (Å²) in [4.78, 5) is 0. The van der Waals surface area contributed by atoms with Crippen molar-refractivity contribution in [3.05, 3.63) is 0 Å². The van der Waals surface area contributed by atoms with Gasteiger partial charge < -0.3 is 9.47 Å². The third-order valence-corrected chi connectivity index (χ3v) is 4.84. The van der Waals surface area contributed by atoms with Gasteiger partial charge in [-0.25, -0.2) is 0 Å². The van der Waals surface area contributed by atoms with Crippen molar-refractivity contribution in [3.8, 4) is 0 Å². The second kappa shape index (κ2) is 17.6. The van der Waals surface area contributed by atoms with E-state index in [1.54, 1.807) is 6.92 Å². The largest absolute Gasteiger partial charge is 0.381 e. The third-order valence-electron chi connectivity index (χ3n) is 3.46. The molecule has 0 spiro atoms. The van der Waals surface area contributed by atoms with Crippen LogP contribution in [0.2, 0.25) is 0 Å². The van der Waals surface area contributed by atoms with Crippen molar-refractivity contribution < 1.29 is 22.1 Å². The second-order valence-corrected chi connectivity index (χ2v) is 7.99. The molecule has 0 N–H and O–H groups in total. The van der Waals surface area contributed by atoms with Crippen molar-refractivity contribution in [2.75, 3.05) is 32.2 Å². The molecule has 0 aliphatic heterocycles. The Morgan fingerprint density at radius 1 is 0.833 bits per heavy atom. The van der Waals surface area contributed by atoms with Crippen LogP contribution in [0.4, 0.5) is 0 Å². The lowest BCUT2D eigenvalue weighted by atomic mass is 10.2. The maximum absolute atomic E-state index is 11.2. The molecule has 0 heterocycles. The highest BCUT2D eigenvalue weighted by Gasteiger charge is 2.08. The Kier molecular flexibility index (Phi) is 19.2. The predicted octanol–water partition coefficient (Wildman–Crippen LogP) is 4.41. The normalized spacial score (nSPS) is 12.8. The predicted molar refractivity (Wildman–Crippen MR) is 101 cm³/mol. The van der Waals surface area contributed by atoms with Gasteiger partial charge in [-0.05, 0) is 45.4 Å². The van der Waals surface area contributed by atoms with E-state index >= 15 is 0 Å². The maximum atomic E-state index is 11.2. The Morgan fingerprint density at radius 3 is 1.88 bits per heavy atom. The van der Waals surface area contributed by atoms with Gasteiger partial charge in [-0.2, -0.15) is 8.42 Å². The van der Waals surface area contributed by atoms with Gasteiger partial charge in [0.05, 0.1) is 18.5 Å². The van der Waals surface area contributed by atoms with E-state index in [4.69, 9.17) is 9.47 Å². The smallest absolute Gasteiger partial charge is 0.267 e. The van der Waals surface area contributed by atoms with E-state index < -0.39 is 10.1 Å². The van der Waals surface area contributed by atoms with Gasteiger partial charge in [0.1, 0.15) is 0 Å². The average molecular weight is 369 g/mol. The average Bonchev–Trinajstić information content (AvgIpc) is 2.53. The molecular formula is C18H40O5S. The van der Waals surface area contributed by atoms with Crippen LogP contribution in [0.3, 0.4) is 0 Å². The van der Waals surface area contributed by atoms with Crippen LogP contribution in [0.5, 0.6) is 0 Å². The molecule has 24 heavy (non-hydrogen) atoms. The van der Waals surface area contributed by atoms with Crippen LogP contribution in [0.1, 0.15) is 73.6 Å². The van der Waals surface area contributed by atoms with Gasteiger partial charge in [0.25, 0.3) is 10.1 Å². The number of hydrogen-bond acceptors (Lipinski definition) is 5. The Morgan fingerprint density at radius 2 is 1.38 bits per heavy atom. The molecule has 5 nitrogen and oxygen atoms in total. The zero-order valence-corrected chi connectivity index (χ0v) is 17.5. The monoisotopic (exact) mass is 368 g/mol. The SMILES string of the molecule is CCC(C)C.CCOS(=O)(=O)CCCOCCCCOC(C)CC. The van der Waals surface area contributed by atoms with Crippen LogP contribution < -0.4 is 0 Å². The lowest BCUT2D eigenvalue weighted by Crippen LogP contribution is -2.12. The molecule has 0 amide bonds. The molecule has 0 rings (SSSR count). The van der Waals surface area contributed by atoms with Gasteiger partial charge in [-0.1, -0.05) is 34.1 Å². The molecule has 1 unspecified atom stereocenters. The molecule has 0 aromatic carbocycles. The first kappa shape index (κ1) is 26.1. The van der Waals surface area contributed by atoms with Gasteiger partial charge >= 0.3 is 0 Å². The molecule has 1 atom stereocenters. The third kappa shape index (κ3) is 21.8. The summed E-state index contributed by atoms with van der Waals surface area (Å²) in [5.41, 5.74) is 0. The molecule has 0 aromatic heterocycles. The van der Waals surface area contributed by atoms with Crippen molar-refractivity contribution in [3.63, 3.8) is 0 Å². The first-order valence-electron chi connectivity index (χ1n) is 9.35. The summed E-state index contributed by atoms with van der Waals surface area (Å²) in [6.45, 7) is 14.5. The Labute approximate surface area is 150 Å². The van der Waals surface area contributed by atoms with Crippen LogP contribution in [0, 0.1) is 5.92 Å². The number of hydrogen-bond donors (Lipinski definition) is 0. The van der Waals surface area contributed by atoms with E-state index in [-0.39, 0.29) is 12.4 Å². The van der Waals surface area contributed by atoms with Crippen LogP contribution in [-0.4, -0.2) is 46.7 Å². The van der Waals surface area contributed by atoms with Crippen LogP contribution in [-0.2, 0) is 23.8 Å². The van der Waals surface area contributed by atoms with Crippen molar-refractivity contribution in [2.45, 2.75) is 79.8 Å². The minimum Gasteiger partial charge on any atom is -0.381 e. The summed E-state index contributed by atoms with van der Waals surface area (Å²) in [6.07, 6.45) is 5.05. The minimum absolute atomic E-state index is 0.0258.